The number of anilines is 1. The molecule has 0 bridgehead atoms. The van der Waals surface area contributed by atoms with Gasteiger partial charge in [0.2, 0.25) is 5.91 Å². The van der Waals surface area contributed by atoms with Crippen LogP contribution in [0.2, 0.25) is 0 Å². The maximum absolute atomic E-state index is 13.7. The molecule has 2 aliphatic rings. The summed E-state index contributed by atoms with van der Waals surface area (Å²) < 4.78 is 19.7. The van der Waals surface area contributed by atoms with Crippen molar-refractivity contribution in [2.45, 2.75) is 38.1 Å². The molecule has 4 rings (SSSR count). The minimum absolute atomic E-state index is 0.0711. The Bertz CT molecular complexity index is 854. The van der Waals surface area contributed by atoms with Gasteiger partial charge in [-0.2, -0.15) is 0 Å². The van der Waals surface area contributed by atoms with Gasteiger partial charge in [0.1, 0.15) is 18.2 Å². The van der Waals surface area contributed by atoms with E-state index in [1.807, 2.05) is 24.3 Å². The number of nitrogens with zero attached hydrogens (tertiary/aromatic N) is 1. The highest BCUT2D eigenvalue weighted by Gasteiger charge is 2.37. The third-order valence-electron chi connectivity index (χ3n) is 5.84. The molecular weight excluding hydrogens is 343 g/mol. The molecular formula is C22H25FN2O2. The Hall–Kier alpha value is -2.40. The van der Waals surface area contributed by atoms with E-state index in [1.165, 1.54) is 6.07 Å². The number of carbonyl (C=O) groups is 1. The number of ether oxygens (including phenoxy) is 1. The van der Waals surface area contributed by atoms with Gasteiger partial charge in [-0.1, -0.05) is 12.1 Å². The summed E-state index contributed by atoms with van der Waals surface area (Å²) in [6.07, 6.45) is 3.40. The number of hydrogen-bond acceptors (Lipinski definition) is 3. The zero-order valence-electron chi connectivity index (χ0n) is 15.6. The minimum Gasteiger partial charge on any atom is -0.492 e. The first-order valence-corrected chi connectivity index (χ1v) is 9.61. The van der Waals surface area contributed by atoms with Gasteiger partial charge in [0, 0.05) is 24.2 Å². The summed E-state index contributed by atoms with van der Waals surface area (Å²) in [6, 6.07) is 12.8. The molecule has 2 aromatic carbocycles. The highest BCUT2D eigenvalue weighted by Crippen LogP contribution is 2.38. The third kappa shape index (κ3) is 3.69. The van der Waals surface area contributed by atoms with Gasteiger partial charge in [-0.15, -0.1) is 0 Å². The van der Waals surface area contributed by atoms with Crippen LogP contribution >= 0.6 is 0 Å². The summed E-state index contributed by atoms with van der Waals surface area (Å²) in [5.74, 6) is 0.719. The first-order valence-electron chi connectivity index (χ1n) is 9.61. The fourth-order valence-corrected chi connectivity index (χ4v) is 4.25. The van der Waals surface area contributed by atoms with Crippen LogP contribution in [-0.4, -0.2) is 30.5 Å². The molecule has 0 aliphatic carbocycles. The monoisotopic (exact) mass is 368 g/mol. The van der Waals surface area contributed by atoms with Crippen molar-refractivity contribution in [1.29, 1.82) is 0 Å². The van der Waals surface area contributed by atoms with Crippen LogP contribution in [0.4, 0.5) is 10.1 Å². The first-order chi connectivity index (χ1) is 13.0. The Balaban J connectivity index is 1.39. The van der Waals surface area contributed by atoms with Gasteiger partial charge < -0.3 is 10.1 Å². The Morgan fingerprint density at radius 2 is 2.11 bits per heavy atom. The van der Waals surface area contributed by atoms with Crippen molar-refractivity contribution in [1.82, 2.24) is 4.90 Å². The van der Waals surface area contributed by atoms with Crippen LogP contribution in [0.5, 0.6) is 5.75 Å². The molecule has 1 atom stereocenters. The molecule has 27 heavy (non-hydrogen) atoms. The molecule has 5 heteroatoms. The molecule has 1 saturated heterocycles. The second kappa shape index (κ2) is 7.31. The second-order valence-corrected chi connectivity index (χ2v) is 7.59. The van der Waals surface area contributed by atoms with Gasteiger partial charge in [0.25, 0.3) is 0 Å². The molecule has 2 heterocycles. The Kier molecular flexibility index (Phi) is 4.87. The molecule has 142 valence electrons. The predicted octanol–water partition coefficient (Wildman–Crippen LogP) is 4.10. The molecule has 0 aromatic heterocycles. The molecule has 0 spiro atoms. The lowest BCUT2D eigenvalue weighted by atomic mass is 9.89. The van der Waals surface area contributed by atoms with Crippen LogP contribution in [-0.2, 0) is 16.8 Å². The fraction of sp³-hybridized carbons (Fsp3) is 0.409. The Labute approximate surface area is 159 Å². The van der Waals surface area contributed by atoms with E-state index in [9.17, 15) is 9.18 Å². The minimum atomic E-state index is -0.182. The lowest BCUT2D eigenvalue weighted by Crippen LogP contribution is -2.41. The molecule has 2 aliphatic heterocycles. The molecule has 4 nitrogen and oxygen atoms in total. The van der Waals surface area contributed by atoms with Crippen LogP contribution in [0.25, 0.3) is 0 Å². The average Bonchev–Trinajstić information content (AvgIpc) is 3.04. The largest absolute Gasteiger partial charge is 0.492 e. The quantitative estimate of drug-likeness (QED) is 0.864. The van der Waals surface area contributed by atoms with E-state index >= 15 is 0 Å². The summed E-state index contributed by atoms with van der Waals surface area (Å²) in [4.78, 5) is 13.8. The van der Waals surface area contributed by atoms with E-state index in [0.717, 1.165) is 54.9 Å². The number of nitrogens with one attached hydrogen (secondary N) is 1. The van der Waals surface area contributed by atoms with Crippen LogP contribution in [0.15, 0.2) is 42.5 Å². The zero-order valence-corrected chi connectivity index (χ0v) is 15.6. The van der Waals surface area contributed by atoms with E-state index in [-0.39, 0.29) is 17.3 Å². The van der Waals surface area contributed by atoms with Gasteiger partial charge in [0.05, 0.1) is 0 Å². The smallest absolute Gasteiger partial charge is 0.224 e. The second-order valence-electron chi connectivity index (χ2n) is 7.59. The first kappa shape index (κ1) is 18.0. The number of aryl methyl sites for hydroxylation is 1. The van der Waals surface area contributed by atoms with Crippen LogP contribution in [0.1, 0.15) is 37.3 Å². The van der Waals surface area contributed by atoms with E-state index in [1.54, 1.807) is 12.1 Å². The molecule has 2 aromatic rings. The Morgan fingerprint density at radius 1 is 1.22 bits per heavy atom. The predicted molar refractivity (Wildman–Crippen MR) is 103 cm³/mol. The van der Waals surface area contributed by atoms with E-state index in [2.05, 4.69) is 17.1 Å². The van der Waals surface area contributed by atoms with Crippen LogP contribution in [0, 0.1) is 5.82 Å². The van der Waals surface area contributed by atoms with Crippen LogP contribution < -0.4 is 10.1 Å². The molecule has 1 N–H and O–H groups in total. The van der Waals surface area contributed by atoms with E-state index in [0.29, 0.717) is 13.0 Å². The molecule has 0 radical (unpaired) electrons. The number of hydrogen-bond donors (Lipinski definition) is 1. The van der Waals surface area contributed by atoms with Crippen molar-refractivity contribution in [3.05, 3.63) is 59.4 Å². The van der Waals surface area contributed by atoms with Gasteiger partial charge >= 0.3 is 0 Å². The van der Waals surface area contributed by atoms with E-state index < -0.39 is 0 Å². The molecule has 1 amide bonds. The van der Waals surface area contributed by atoms with Gasteiger partial charge in [-0.25, -0.2) is 4.39 Å². The summed E-state index contributed by atoms with van der Waals surface area (Å²) in [5.41, 5.74) is 2.89. The van der Waals surface area contributed by atoms with Gasteiger partial charge in [0.15, 0.2) is 0 Å². The van der Waals surface area contributed by atoms with Crippen LogP contribution in [0.3, 0.4) is 0 Å². The Morgan fingerprint density at radius 3 is 2.96 bits per heavy atom. The summed E-state index contributed by atoms with van der Waals surface area (Å²) in [7, 11) is 0. The van der Waals surface area contributed by atoms with Crippen molar-refractivity contribution in [2.24, 2.45) is 0 Å². The van der Waals surface area contributed by atoms with Gasteiger partial charge in [-0.3, -0.25) is 9.69 Å². The number of carbonyl (C=O) groups excluding carboxylic acids is 1. The number of halogens is 1. The van der Waals surface area contributed by atoms with Crippen molar-refractivity contribution in [3.8, 4) is 5.75 Å². The summed E-state index contributed by atoms with van der Waals surface area (Å²) in [5, 5.41) is 2.89. The zero-order chi connectivity index (χ0) is 18.9. The lowest BCUT2D eigenvalue weighted by molar-refractivity contribution is -0.116. The topological polar surface area (TPSA) is 41.6 Å². The van der Waals surface area contributed by atoms with Gasteiger partial charge in [-0.05, 0) is 74.2 Å². The van der Waals surface area contributed by atoms with Crippen molar-refractivity contribution >= 4 is 11.6 Å². The normalized spacial score (nSPS) is 22.4. The van der Waals surface area contributed by atoms with Crippen molar-refractivity contribution < 1.29 is 13.9 Å². The maximum atomic E-state index is 13.7. The number of benzene rings is 2. The number of rotatable bonds is 5. The van der Waals surface area contributed by atoms with Crippen molar-refractivity contribution in [2.75, 3.05) is 25.0 Å². The summed E-state index contributed by atoms with van der Waals surface area (Å²) in [6.45, 7) is 4.56. The third-order valence-corrected chi connectivity index (χ3v) is 5.84. The maximum Gasteiger partial charge on any atom is 0.224 e. The number of fused-ring (bicyclic) bond motifs is 1. The highest BCUT2D eigenvalue weighted by atomic mass is 19.1. The number of likely N-dealkylation sites (tertiary alicyclic amines) is 1. The average molecular weight is 368 g/mol. The fourth-order valence-electron chi connectivity index (χ4n) is 4.25. The number of amides is 1. The highest BCUT2D eigenvalue weighted by molar-refractivity contribution is 5.93. The standard InChI is InChI=1S/C22H25FN2O2/c1-22(17-4-2-5-18(23)15-17)10-3-11-25(22)12-13-27-19-7-8-20-16(14-19)6-9-21(26)24-20/h2,4-5,7-8,14-15H,3,6,9-13H2,1H3,(H,24,26). The summed E-state index contributed by atoms with van der Waals surface area (Å²) >= 11 is 0. The van der Waals surface area contributed by atoms with E-state index in [4.69, 9.17) is 4.74 Å². The molecule has 1 fully saturated rings. The van der Waals surface area contributed by atoms with Crippen molar-refractivity contribution in [3.63, 3.8) is 0 Å². The SMILES string of the molecule is CC1(c2cccc(F)c2)CCCN1CCOc1ccc2c(c1)CCC(=O)N2. The lowest BCUT2D eigenvalue weighted by Gasteiger charge is -2.36. The molecule has 1 unspecified atom stereocenters. The molecule has 0 saturated carbocycles.